The van der Waals surface area contributed by atoms with E-state index in [0.717, 1.165) is 5.56 Å². The van der Waals surface area contributed by atoms with Crippen LogP contribution in [0.4, 0.5) is 4.39 Å². The van der Waals surface area contributed by atoms with Gasteiger partial charge in [0.1, 0.15) is 18.0 Å². The first kappa shape index (κ1) is 21.9. The molecule has 0 radical (unpaired) electrons. The molecule has 1 heterocycles. The third-order valence-corrected chi connectivity index (χ3v) is 5.34. The second kappa shape index (κ2) is 9.36. The van der Waals surface area contributed by atoms with Gasteiger partial charge >= 0.3 is 0 Å². The topological polar surface area (TPSA) is 67.9 Å². The van der Waals surface area contributed by atoms with Crippen molar-refractivity contribution in [2.75, 3.05) is 13.7 Å². The molecule has 30 heavy (non-hydrogen) atoms. The Hall–Kier alpha value is -2.78. The maximum Gasteiger partial charge on any atom is 0.265 e. The molecular formula is C21H18BrFN2O4S. The molecule has 0 spiro atoms. The van der Waals surface area contributed by atoms with Crippen LogP contribution in [0.1, 0.15) is 18.1 Å². The van der Waals surface area contributed by atoms with Crippen LogP contribution in [0.3, 0.4) is 0 Å². The van der Waals surface area contributed by atoms with Crippen molar-refractivity contribution in [2.24, 2.45) is 0 Å². The van der Waals surface area contributed by atoms with Crippen molar-refractivity contribution in [3.63, 3.8) is 0 Å². The standard InChI is InChI=1S/C21H18BrFN2O4S/c1-3-28-17-9-13(8-15-19(26)24-21(30)25(2)20(15)27)16(22)10-18(17)29-11-12-4-6-14(23)7-5-12/h4-10H,3,11H2,1-2H3,(H,24,26,30)/b15-8+. The molecule has 9 heteroatoms. The lowest BCUT2D eigenvalue weighted by atomic mass is 10.1. The minimum atomic E-state index is -0.565. The zero-order valence-corrected chi connectivity index (χ0v) is 18.6. The van der Waals surface area contributed by atoms with E-state index in [4.69, 9.17) is 21.7 Å². The van der Waals surface area contributed by atoms with E-state index in [-0.39, 0.29) is 23.1 Å². The van der Waals surface area contributed by atoms with E-state index in [9.17, 15) is 14.0 Å². The Morgan fingerprint density at radius 1 is 1.17 bits per heavy atom. The molecule has 0 unspecified atom stereocenters. The molecular weight excluding hydrogens is 475 g/mol. The molecule has 0 atom stereocenters. The summed E-state index contributed by atoms with van der Waals surface area (Å²) < 4.78 is 25.2. The second-order valence-corrected chi connectivity index (χ2v) is 7.59. The Morgan fingerprint density at radius 2 is 1.83 bits per heavy atom. The van der Waals surface area contributed by atoms with E-state index in [0.29, 0.717) is 28.1 Å². The Morgan fingerprint density at radius 3 is 2.50 bits per heavy atom. The number of ether oxygens (including phenoxy) is 2. The summed E-state index contributed by atoms with van der Waals surface area (Å²) in [6.07, 6.45) is 1.46. The average molecular weight is 493 g/mol. The number of amides is 2. The number of nitrogens with one attached hydrogen (secondary N) is 1. The molecule has 2 aromatic rings. The van der Waals surface area contributed by atoms with Crippen LogP contribution >= 0.6 is 28.1 Å². The fourth-order valence-corrected chi connectivity index (χ4v) is 3.30. The molecule has 1 saturated heterocycles. The Kier molecular flexibility index (Phi) is 6.84. The summed E-state index contributed by atoms with van der Waals surface area (Å²) in [7, 11) is 1.49. The number of likely N-dealkylation sites (N-methyl/N-ethyl adjacent to an activating group) is 1. The molecule has 2 aromatic carbocycles. The molecule has 0 saturated carbocycles. The van der Waals surface area contributed by atoms with E-state index < -0.39 is 11.8 Å². The van der Waals surface area contributed by atoms with Gasteiger partial charge in [-0.3, -0.25) is 19.8 Å². The molecule has 6 nitrogen and oxygen atoms in total. The number of hydrogen-bond acceptors (Lipinski definition) is 5. The summed E-state index contributed by atoms with van der Waals surface area (Å²) in [6.45, 7) is 2.44. The highest BCUT2D eigenvalue weighted by molar-refractivity contribution is 9.10. The van der Waals surface area contributed by atoms with E-state index >= 15 is 0 Å². The Labute approximate surface area is 186 Å². The highest BCUT2D eigenvalue weighted by Crippen LogP contribution is 2.35. The van der Waals surface area contributed by atoms with Gasteiger partial charge < -0.3 is 9.47 Å². The van der Waals surface area contributed by atoms with Gasteiger partial charge in [-0.25, -0.2) is 4.39 Å². The van der Waals surface area contributed by atoms with Crippen LogP contribution in [0.5, 0.6) is 11.5 Å². The lowest BCUT2D eigenvalue weighted by Crippen LogP contribution is -2.52. The maximum absolute atomic E-state index is 13.1. The summed E-state index contributed by atoms with van der Waals surface area (Å²) >= 11 is 8.40. The van der Waals surface area contributed by atoms with Crippen molar-refractivity contribution in [3.05, 3.63) is 63.4 Å². The van der Waals surface area contributed by atoms with E-state index in [1.807, 2.05) is 6.92 Å². The van der Waals surface area contributed by atoms with Gasteiger partial charge in [-0.05, 0) is 60.6 Å². The highest BCUT2D eigenvalue weighted by Gasteiger charge is 2.31. The molecule has 0 aromatic heterocycles. The first-order valence-corrected chi connectivity index (χ1v) is 10.2. The van der Waals surface area contributed by atoms with E-state index in [2.05, 4.69) is 21.2 Å². The van der Waals surface area contributed by atoms with Crippen molar-refractivity contribution in [1.29, 1.82) is 0 Å². The van der Waals surface area contributed by atoms with Gasteiger partial charge in [0.05, 0.1) is 6.61 Å². The molecule has 0 bridgehead atoms. The highest BCUT2D eigenvalue weighted by atomic mass is 79.9. The zero-order chi connectivity index (χ0) is 21.8. The van der Waals surface area contributed by atoms with Crippen LogP contribution in [0.2, 0.25) is 0 Å². The van der Waals surface area contributed by atoms with Crippen LogP contribution in [-0.2, 0) is 16.2 Å². The van der Waals surface area contributed by atoms with Crippen LogP contribution in [0.15, 0.2) is 46.4 Å². The van der Waals surface area contributed by atoms with Gasteiger partial charge in [0, 0.05) is 11.5 Å². The number of halogens is 2. The number of thiocarbonyl (C=S) groups is 1. The largest absolute Gasteiger partial charge is 0.490 e. The number of nitrogens with zero attached hydrogens (tertiary/aromatic N) is 1. The Bertz CT molecular complexity index is 1040. The predicted octanol–water partition coefficient (Wildman–Crippen LogP) is 3.82. The minimum Gasteiger partial charge on any atom is -0.490 e. The van der Waals surface area contributed by atoms with Crippen molar-refractivity contribution in [2.45, 2.75) is 13.5 Å². The SMILES string of the molecule is CCOc1cc(/C=C2\C(=O)NC(=S)N(C)C2=O)c(Br)cc1OCc1ccc(F)cc1. The first-order chi connectivity index (χ1) is 14.3. The minimum absolute atomic E-state index is 0.0470. The summed E-state index contributed by atoms with van der Waals surface area (Å²) in [5.74, 6) is -0.466. The molecule has 3 rings (SSSR count). The van der Waals surface area contributed by atoms with Crippen LogP contribution in [-0.4, -0.2) is 35.5 Å². The first-order valence-electron chi connectivity index (χ1n) is 8.98. The summed E-state index contributed by atoms with van der Waals surface area (Å²) in [6, 6.07) is 9.37. The van der Waals surface area contributed by atoms with Gasteiger partial charge in [-0.1, -0.05) is 28.1 Å². The summed E-state index contributed by atoms with van der Waals surface area (Å²) in [4.78, 5) is 25.9. The van der Waals surface area contributed by atoms with Gasteiger partial charge in [-0.2, -0.15) is 0 Å². The van der Waals surface area contributed by atoms with Gasteiger partial charge in [0.25, 0.3) is 11.8 Å². The third kappa shape index (κ3) is 4.85. The van der Waals surface area contributed by atoms with Crippen LogP contribution in [0, 0.1) is 5.82 Å². The van der Waals surface area contributed by atoms with Crippen molar-refractivity contribution < 1.29 is 23.5 Å². The summed E-state index contributed by atoms with van der Waals surface area (Å²) in [5.41, 5.74) is 1.31. The average Bonchev–Trinajstić information content (AvgIpc) is 2.71. The Balaban J connectivity index is 1.90. The van der Waals surface area contributed by atoms with E-state index in [1.54, 1.807) is 24.3 Å². The van der Waals surface area contributed by atoms with Crippen molar-refractivity contribution in [1.82, 2.24) is 10.2 Å². The number of benzene rings is 2. The smallest absolute Gasteiger partial charge is 0.265 e. The summed E-state index contributed by atoms with van der Waals surface area (Å²) in [5, 5.41) is 2.53. The van der Waals surface area contributed by atoms with Crippen LogP contribution in [0.25, 0.3) is 6.08 Å². The molecule has 2 amide bonds. The molecule has 1 fully saturated rings. The fraction of sp³-hybridized carbons (Fsp3) is 0.190. The quantitative estimate of drug-likeness (QED) is 0.377. The molecule has 0 aliphatic carbocycles. The zero-order valence-electron chi connectivity index (χ0n) is 16.2. The number of rotatable bonds is 6. The molecule has 1 aliphatic rings. The number of carbonyl (C=O) groups is 2. The normalized spacial score (nSPS) is 15.4. The second-order valence-electron chi connectivity index (χ2n) is 6.35. The van der Waals surface area contributed by atoms with Crippen LogP contribution < -0.4 is 14.8 Å². The predicted molar refractivity (Wildman–Crippen MR) is 118 cm³/mol. The van der Waals surface area contributed by atoms with Crippen molar-refractivity contribution >= 4 is 51.2 Å². The maximum atomic E-state index is 13.1. The molecule has 1 N–H and O–H groups in total. The lowest BCUT2D eigenvalue weighted by molar-refractivity contribution is -0.128. The van der Waals surface area contributed by atoms with Gasteiger partial charge in [-0.15, -0.1) is 0 Å². The lowest BCUT2D eigenvalue weighted by Gasteiger charge is -2.25. The number of hydrogen-bond donors (Lipinski definition) is 1. The monoisotopic (exact) mass is 492 g/mol. The van der Waals surface area contributed by atoms with Gasteiger partial charge in [0.2, 0.25) is 0 Å². The third-order valence-electron chi connectivity index (χ3n) is 4.28. The fourth-order valence-electron chi connectivity index (χ4n) is 2.69. The molecule has 156 valence electrons. The molecule has 1 aliphatic heterocycles. The van der Waals surface area contributed by atoms with E-state index in [1.165, 1.54) is 30.2 Å². The van der Waals surface area contributed by atoms with Crippen molar-refractivity contribution in [3.8, 4) is 11.5 Å². The van der Waals surface area contributed by atoms with Gasteiger partial charge in [0.15, 0.2) is 16.6 Å². The number of carbonyl (C=O) groups excluding carboxylic acids is 2.